The maximum Gasteiger partial charge on any atom is 0.387 e. The fourth-order valence-corrected chi connectivity index (χ4v) is 3.67. The van der Waals surface area contributed by atoms with Crippen LogP contribution in [0, 0.1) is 0 Å². The number of halogens is 1. The largest absolute Gasteiger partial charge is 0.463 e. The van der Waals surface area contributed by atoms with Crippen LogP contribution < -0.4 is 0 Å². The minimum Gasteiger partial charge on any atom is -0.463 e. The molecular weight excluding hydrogens is 326 g/mol. The number of hydrogen-bond donors (Lipinski definition) is 0. The molecule has 0 aliphatic carbocycles. The van der Waals surface area contributed by atoms with Gasteiger partial charge in [-0.1, -0.05) is 30.3 Å². The van der Waals surface area contributed by atoms with Crippen LogP contribution in [-0.2, 0) is 23.1 Å². The van der Waals surface area contributed by atoms with E-state index in [0.717, 1.165) is 0 Å². The molecule has 0 saturated heterocycles. The quantitative estimate of drug-likeness (QED) is 0.295. The first-order valence-corrected chi connectivity index (χ1v) is 8.76. The summed E-state index contributed by atoms with van der Waals surface area (Å²) in [5.41, 5.74) is -0.136. The number of benzene rings is 1. The number of Topliss-reactive ketones (excluding diaryl/α,β-unsaturated/α-hetero) is 1. The second kappa shape index (κ2) is 8.34. The summed E-state index contributed by atoms with van der Waals surface area (Å²) in [7, 11) is -4.74. The Morgan fingerprint density at radius 2 is 1.57 bits per heavy atom. The minimum absolute atomic E-state index is 0.136. The van der Waals surface area contributed by atoms with Gasteiger partial charge in [0, 0.05) is 5.56 Å². The van der Waals surface area contributed by atoms with Crippen LogP contribution in [0.2, 0.25) is 0 Å². The molecule has 0 spiro atoms. The molecule has 8 heteroatoms. The normalized spacial score (nSPS) is 14.1. The standard InChI is InChI=1S/C15H20FO6P/c1-4-20-14(18)15(16,23(19,21-5-2)22-6-3)13(17)12-10-8-7-9-11-12/h7-11H,4-6H2,1-3H3. The number of hydrogen-bond acceptors (Lipinski definition) is 6. The van der Waals surface area contributed by atoms with Gasteiger partial charge >= 0.3 is 19.0 Å². The molecule has 0 aromatic heterocycles. The molecule has 0 aliphatic heterocycles. The van der Waals surface area contributed by atoms with Crippen molar-refractivity contribution in [3.05, 3.63) is 35.9 Å². The highest BCUT2D eigenvalue weighted by atomic mass is 31.2. The summed E-state index contributed by atoms with van der Waals surface area (Å²) in [6.07, 6.45) is 0. The van der Waals surface area contributed by atoms with E-state index in [9.17, 15) is 14.2 Å². The third-order valence-electron chi connectivity index (χ3n) is 2.86. The van der Waals surface area contributed by atoms with E-state index >= 15 is 4.39 Å². The zero-order chi connectivity index (χ0) is 17.5. The number of rotatable bonds is 9. The van der Waals surface area contributed by atoms with E-state index in [2.05, 4.69) is 4.74 Å². The van der Waals surface area contributed by atoms with Crippen molar-refractivity contribution in [2.45, 2.75) is 26.2 Å². The van der Waals surface area contributed by atoms with Crippen molar-refractivity contribution in [1.82, 2.24) is 0 Å². The molecule has 1 rings (SSSR count). The Bertz CT molecular complexity index is 581. The number of ether oxygens (including phenoxy) is 1. The van der Waals surface area contributed by atoms with Crippen LogP contribution in [-0.4, -0.2) is 37.0 Å². The van der Waals surface area contributed by atoms with E-state index in [1.807, 2.05) is 0 Å². The summed E-state index contributed by atoms with van der Waals surface area (Å²) in [5, 5.41) is -3.56. The monoisotopic (exact) mass is 346 g/mol. The second-order valence-corrected chi connectivity index (χ2v) is 6.50. The topological polar surface area (TPSA) is 78.9 Å². The molecule has 1 aromatic rings. The molecule has 0 heterocycles. The Kier molecular flexibility index (Phi) is 7.06. The zero-order valence-corrected chi connectivity index (χ0v) is 14.2. The Morgan fingerprint density at radius 1 is 1.04 bits per heavy atom. The lowest BCUT2D eigenvalue weighted by Crippen LogP contribution is -2.44. The van der Waals surface area contributed by atoms with E-state index in [4.69, 9.17) is 9.05 Å². The number of ketones is 1. The average molecular weight is 346 g/mol. The van der Waals surface area contributed by atoms with Crippen LogP contribution in [0.3, 0.4) is 0 Å². The third kappa shape index (κ3) is 3.86. The van der Waals surface area contributed by atoms with Crippen molar-refractivity contribution in [1.29, 1.82) is 0 Å². The lowest BCUT2D eigenvalue weighted by atomic mass is 10.1. The van der Waals surface area contributed by atoms with Crippen LogP contribution in [0.25, 0.3) is 0 Å². The minimum atomic E-state index is -4.74. The molecule has 1 aromatic carbocycles. The van der Waals surface area contributed by atoms with Gasteiger partial charge < -0.3 is 13.8 Å². The highest BCUT2D eigenvalue weighted by Gasteiger charge is 2.65. The summed E-state index contributed by atoms with van der Waals surface area (Å²) in [4.78, 5) is 24.7. The first kappa shape index (κ1) is 19.5. The van der Waals surface area contributed by atoms with Crippen molar-refractivity contribution < 1.29 is 32.3 Å². The van der Waals surface area contributed by atoms with Crippen molar-refractivity contribution in [2.75, 3.05) is 19.8 Å². The van der Waals surface area contributed by atoms with Crippen molar-refractivity contribution >= 4 is 19.3 Å². The van der Waals surface area contributed by atoms with Gasteiger partial charge in [-0.25, -0.2) is 9.18 Å². The van der Waals surface area contributed by atoms with E-state index in [-0.39, 0.29) is 25.4 Å². The molecule has 0 saturated carbocycles. The average Bonchev–Trinajstić information content (AvgIpc) is 2.54. The summed E-state index contributed by atoms with van der Waals surface area (Å²) in [6, 6.07) is 7.21. The summed E-state index contributed by atoms with van der Waals surface area (Å²) < 4.78 is 42.7. The maximum absolute atomic E-state index is 15.5. The van der Waals surface area contributed by atoms with Crippen molar-refractivity contribution in [2.24, 2.45) is 0 Å². The van der Waals surface area contributed by atoms with Gasteiger partial charge in [-0.3, -0.25) is 9.36 Å². The Balaban J connectivity index is 3.45. The molecule has 1 unspecified atom stereocenters. The second-order valence-electron chi connectivity index (χ2n) is 4.37. The van der Waals surface area contributed by atoms with Crippen LogP contribution >= 0.6 is 7.60 Å². The fraction of sp³-hybridized carbons (Fsp3) is 0.467. The smallest absolute Gasteiger partial charge is 0.387 e. The molecule has 0 N–H and O–H groups in total. The molecule has 6 nitrogen and oxygen atoms in total. The number of alkyl halides is 1. The van der Waals surface area contributed by atoms with E-state index < -0.39 is 24.8 Å². The van der Waals surface area contributed by atoms with Gasteiger partial charge in [-0.2, -0.15) is 0 Å². The molecule has 1 atom stereocenters. The van der Waals surface area contributed by atoms with Crippen molar-refractivity contribution in [3.63, 3.8) is 0 Å². The predicted molar refractivity (Wildman–Crippen MR) is 82.1 cm³/mol. The first-order valence-electron chi connectivity index (χ1n) is 7.22. The van der Waals surface area contributed by atoms with Gasteiger partial charge in [0.05, 0.1) is 19.8 Å². The maximum atomic E-state index is 15.5. The molecule has 0 fully saturated rings. The third-order valence-corrected chi connectivity index (χ3v) is 5.19. The molecular formula is C15H20FO6P. The molecule has 0 aliphatic rings. The number of carbonyl (C=O) groups excluding carboxylic acids is 2. The molecule has 23 heavy (non-hydrogen) atoms. The highest BCUT2D eigenvalue weighted by molar-refractivity contribution is 7.58. The summed E-state index contributed by atoms with van der Waals surface area (Å²) >= 11 is 0. The van der Waals surface area contributed by atoms with E-state index in [0.29, 0.717) is 0 Å². The van der Waals surface area contributed by atoms with Crippen LogP contribution in [0.4, 0.5) is 4.39 Å². The van der Waals surface area contributed by atoms with E-state index in [1.54, 1.807) is 6.07 Å². The van der Waals surface area contributed by atoms with Gasteiger partial charge in [0.1, 0.15) is 0 Å². The Labute approximate surface area is 134 Å². The van der Waals surface area contributed by atoms with Crippen LogP contribution in [0.5, 0.6) is 0 Å². The molecule has 128 valence electrons. The van der Waals surface area contributed by atoms with Gasteiger partial charge in [0.25, 0.3) is 0 Å². The molecule has 0 radical (unpaired) electrons. The number of carbonyl (C=O) groups is 2. The summed E-state index contributed by atoms with van der Waals surface area (Å²) in [5.74, 6) is -2.90. The summed E-state index contributed by atoms with van der Waals surface area (Å²) in [6.45, 7) is 3.74. The Morgan fingerprint density at radius 3 is 2.00 bits per heavy atom. The lowest BCUT2D eigenvalue weighted by molar-refractivity contribution is -0.150. The van der Waals surface area contributed by atoms with Crippen molar-refractivity contribution in [3.8, 4) is 0 Å². The number of esters is 1. The first-order chi connectivity index (χ1) is 10.9. The fourth-order valence-electron chi connectivity index (χ4n) is 1.89. The Hall–Kier alpha value is -1.56. The SMILES string of the molecule is CCOC(=O)C(F)(C(=O)c1ccccc1)P(=O)(OCC)OCC. The van der Waals surface area contributed by atoms with Gasteiger partial charge in [-0.15, -0.1) is 0 Å². The highest BCUT2D eigenvalue weighted by Crippen LogP contribution is 2.62. The van der Waals surface area contributed by atoms with Gasteiger partial charge in [0.15, 0.2) is 0 Å². The predicted octanol–water partition coefficient (Wildman–Crippen LogP) is 3.36. The van der Waals surface area contributed by atoms with Crippen LogP contribution in [0.15, 0.2) is 30.3 Å². The lowest BCUT2D eigenvalue weighted by Gasteiger charge is -2.29. The van der Waals surface area contributed by atoms with E-state index in [1.165, 1.54) is 45.0 Å². The van der Waals surface area contributed by atoms with Gasteiger partial charge in [-0.05, 0) is 20.8 Å². The van der Waals surface area contributed by atoms with Gasteiger partial charge in [0.2, 0.25) is 5.78 Å². The zero-order valence-electron chi connectivity index (χ0n) is 13.3. The molecule has 0 amide bonds. The van der Waals surface area contributed by atoms with Crippen LogP contribution in [0.1, 0.15) is 31.1 Å². The molecule has 0 bridgehead atoms.